The quantitative estimate of drug-likeness (QED) is 0.904. The Kier molecular flexibility index (Phi) is 2.68. The monoisotopic (exact) mass is 281 g/mol. The van der Waals surface area contributed by atoms with Gasteiger partial charge in [0, 0.05) is 12.0 Å². The summed E-state index contributed by atoms with van der Waals surface area (Å²) in [6.07, 6.45) is 5.73. The van der Waals surface area contributed by atoms with Crippen LogP contribution in [0.5, 0.6) is 5.75 Å². The zero-order valence-corrected chi connectivity index (χ0v) is 10.9. The summed E-state index contributed by atoms with van der Waals surface area (Å²) in [4.78, 5) is 0. The zero-order valence-electron chi connectivity index (χ0n) is 9.31. The summed E-state index contributed by atoms with van der Waals surface area (Å²) in [5.74, 6) is 1.10. The lowest BCUT2D eigenvalue weighted by Gasteiger charge is -2.15. The fourth-order valence-corrected chi connectivity index (χ4v) is 3.82. The van der Waals surface area contributed by atoms with Crippen LogP contribution in [0.4, 0.5) is 0 Å². The molecule has 0 spiro atoms. The third-order valence-corrected chi connectivity index (χ3v) is 4.52. The molecule has 16 heavy (non-hydrogen) atoms. The Bertz CT molecular complexity index is 407. The molecule has 0 saturated carbocycles. The fourth-order valence-electron chi connectivity index (χ4n) is 3.02. The predicted molar refractivity (Wildman–Crippen MR) is 68.1 cm³/mol. The molecule has 0 atom stereocenters. The molecule has 0 fully saturated rings. The summed E-state index contributed by atoms with van der Waals surface area (Å²) in [6.45, 7) is 1.56. The molecule has 0 bridgehead atoms. The van der Waals surface area contributed by atoms with E-state index in [1.807, 2.05) is 0 Å². The van der Waals surface area contributed by atoms with Crippen LogP contribution in [0.1, 0.15) is 28.7 Å². The molecule has 86 valence electrons. The molecule has 0 radical (unpaired) electrons. The lowest BCUT2D eigenvalue weighted by Crippen LogP contribution is -2.08. The van der Waals surface area contributed by atoms with E-state index in [4.69, 9.17) is 10.5 Å². The number of ether oxygens (including phenoxy) is 1. The van der Waals surface area contributed by atoms with Gasteiger partial charge < -0.3 is 10.5 Å². The van der Waals surface area contributed by atoms with Gasteiger partial charge in [-0.25, -0.2) is 0 Å². The first kappa shape index (κ1) is 10.6. The number of rotatable bonds is 2. The predicted octanol–water partition coefficient (Wildman–Crippen LogP) is 2.37. The van der Waals surface area contributed by atoms with Gasteiger partial charge in [-0.3, -0.25) is 0 Å². The first-order valence-corrected chi connectivity index (χ1v) is 6.80. The fraction of sp³-hybridized carbons (Fsp3) is 0.538. The largest absolute Gasteiger partial charge is 0.492 e. The molecule has 0 saturated heterocycles. The number of benzene rings is 1. The van der Waals surface area contributed by atoms with Crippen LogP contribution in [0.15, 0.2) is 4.47 Å². The molecule has 1 aromatic carbocycles. The Balaban J connectivity index is 2.23. The van der Waals surface area contributed by atoms with E-state index in [1.54, 1.807) is 5.56 Å². The molecule has 2 nitrogen and oxygen atoms in total. The highest BCUT2D eigenvalue weighted by Gasteiger charge is 2.28. The summed E-state index contributed by atoms with van der Waals surface area (Å²) < 4.78 is 6.97. The Labute approximate surface area is 104 Å². The molecule has 1 aliphatic heterocycles. The molecule has 0 aromatic heterocycles. The molecule has 0 amide bonds. The van der Waals surface area contributed by atoms with E-state index in [1.165, 1.54) is 40.4 Å². The lowest BCUT2D eigenvalue weighted by molar-refractivity contribution is 0.354. The van der Waals surface area contributed by atoms with Crippen LogP contribution in [-0.4, -0.2) is 13.2 Å². The molecular formula is C13H16BrNO. The van der Waals surface area contributed by atoms with Gasteiger partial charge in [-0.1, -0.05) is 0 Å². The number of halogens is 1. The average Bonchev–Trinajstić information content (AvgIpc) is 2.92. The van der Waals surface area contributed by atoms with Gasteiger partial charge in [0.2, 0.25) is 0 Å². The first-order chi connectivity index (χ1) is 7.83. The summed E-state index contributed by atoms with van der Waals surface area (Å²) in [7, 11) is 0. The van der Waals surface area contributed by atoms with E-state index in [0.29, 0.717) is 0 Å². The molecule has 3 heteroatoms. The number of hydrogen-bond donors (Lipinski definition) is 1. The van der Waals surface area contributed by atoms with Crippen LogP contribution in [0.2, 0.25) is 0 Å². The molecule has 1 heterocycles. The smallest absolute Gasteiger partial charge is 0.137 e. The van der Waals surface area contributed by atoms with Gasteiger partial charge in [-0.05, 0) is 64.8 Å². The van der Waals surface area contributed by atoms with Crippen LogP contribution < -0.4 is 10.5 Å². The highest BCUT2D eigenvalue weighted by atomic mass is 79.9. The van der Waals surface area contributed by atoms with Crippen molar-refractivity contribution < 1.29 is 4.74 Å². The third-order valence-electron chi connectivity index (χ3n) is 3.68. The van der Waals surface area contributed by atoms with Gasteiger partial charge in [0.25, 0.3) is 0 Å². The summed E-state index contributed by atoms with van der Waals surface area (Å²) in [6, 6.07) is 0. The van der Waals surface area contributed by atoms with Crippen molar-refractivity contribution in [3.05, 3.63) is 26.7 Å². The average molecular weight is 282 g/mol. The van der Waals surface area contributed by atoms with Crippen molar-refractivity contribution in [1.29, 1.82) is 0 Å². The maximum Gasteiger partial charge on any atom is 0.137 e. The summed E-state index contributed by atoms with van der Waals surface area (Å²) in [5, 5.41) is 0. The van der Waals surface area contributed by atoms with E-state index < -0.39 is 0 Å². The van der Waals surface area contributed by atoms with E-state index in [-0.39, 0.29) is 0 Å². The van der Waals surface area contributed by atoms with Crippen molar-refractivity contribution in [2.75, 3.05) is 13.2 Å². The van der Waals surface area contributed by atoms with Crippen LogP contribution >= 0.6 is 15.9 Å². The van der Waals surface area contributed by atoms with Gasteiger partial charge in [0.15, 0.2) is 0 Å². The molecule has 0 unspecified atom stereocenters. The van der Waals surface area contributed by atoms with Crippen molar-refractivity contribution in [3.8, 4) is 5.75 Å². The normalized spacial score (nSPS) is 17.1. The summed E-state index contributed by atoms with van der Waals surface area (Å²) in [5.41, 5.74) is 11.7. The van der Waals surface area contributed by atoms with Crippen LogP contribution in [0.25, 0.3) is 0 Å². The second-order valence-corrected chi connectivity index (χ2v) is 5.34. The first-order valence-electron chi connectivity index (χ1n) is 6.00. The van der Waals surface area contributed by atoms with Crippen molar-refractivity contribution in [3.63, 3.8) is 0 Å². The minimum absolute atomic E-state index is 0.737. The maximum absolute atomic E-state index is 5.75. The van der Waals surface area contributed by atoms with Gasteiger partial charge in [-0.15, -0.1) is 0 Å². The maximum atomic E-state index is 5.75. The molecule has 1 aromatic rings. The molecule has 1 aliphatic carbocycles. The van der Waals surface area contributed by atoms with Crippen molar-refractivity contribution >= 4 is 15.9 Å². The minimum atomic E-state index is 0.737. The van der Waals surface area contributed by atoms with Gasteiger partial charge >= 0.3 is 0 Å². The standard InChI is InChI=1S/C13H16BrNO/c14-12-10-3-1-2-8(10)9(4-6-15)11-5-7-16-13(11)12/h1-7,15H2. The van der Waals surface area contributed by atoms with E-state index in [0.717, 1.165) is 31.7 Å². The van der Waals surface area contributed by atoms with Crippen LogP contribution in [-0.2, 0) is 25.7 Å². The summed E-state index contributed by atoms with van der Waals surface area (Å²) >= 11 is 3.71. The Morgan fingerprint density at radius 2 is 1.94 bits per heavy atom. The topological polar surface area (TPSA) is 35.2 Å². The lowest BCUT2D eigenvalue weighted by atomic mass is 9.93. The molecular weight excluding hydrogens is 266 g/mol. The van der Waals surface area contributed by atoms with Gasteiger partial charge in [-0.2, -0.15) is 0 Å². The van der Waals surface area contributed by atoms with E-state index in [9.17, 15) is 0 Å². The second-order valence-electron chi connectivity index (χ2n) is 4.55. The highest BCUT2D eigenvalue weighted by molar-refractivity contribution is 9.10. The zero-order chi connectivity index (χ0) is 11.1. The molecule has 2 N–H and O–H groups in total. The van der Waals surface area contributed by atoms with Crippen LogP contribution in [0, 0.1) is 0 Å². The second kappa shape index (κ2) is 4.04. The number of hydrogen-bond acceptors (Lipinski definition) is 2. The van der Waals surface area contributed by atoms with Crippen molar-refractivity contribution in [1.82, 2.24) is 0 Å². The van der Waals surface area contributed by atoms with Gasteiger partial charge in [0.05, 0.1) is 11.1 Å². The number of nitrogens with two attached hydrogens (primary N) is 1. The van der Waals surface area contributed by atoms with Gasteiger partial charge in [0.1, 0.15) is 5.75 Å². The minimum Gasteiger partial charge on any atom is -0.492 e. The van der Waals surface area contributed by atoms with E-state index >= 15 is 0 Å². The molecule has 3 rings (SSSR count). The molecule has 2 aliphatic rings. The Morgan fingerprint density at radius 1 is 1.12 bits per heavy atom. The van der Waals surface area contributed by atoms with Crippen molar-refractivity contribution in [2.45, 2.75) is 32.1 Å². The van der Waals surface area contributed by atoms with Crippen molar-refractivity contribution in [2.24, 2.45) is 5.73 Å². The Morgan fingerprint density at radius 3 is 2.75 bits per heavy atom. The Hall–Kier alpha value is -0.540. The van der Waals surface area contributed by atoms with E-state index in [2.05, 4.69) is 15.9 Å². The van der Waals surface area contributed by atoms with Crippen LogP contribution in [0.3, 0.4) is 0 Å². The number of fused-ring (bicyclic) bond motifs is 2. The third kappa shape index (κ3) is 1.41. The highest BCUT2D eigenvalue weighted by Crippen LogP contribution is 2.44. The SMILES string of the molecule is NCCc1c2c(c(Br)c3c1CCO3)CCC2.